The maximum atomic E-state index is 6.19. The normalized spacial score (nSPS) is 10.7. The Morgan fingerprint density at radius 1 is 1.00 bits per heavy atom. The Kier molecular flexibility index (Phi) is 4.19. The minimum atomic E-state index is 0.697. The van der Waals surface area contributed by atoms with Crippen LogP contribution in [0.3, 0.4) is 0 Å². The molecule has 4 heteroatoms. The Hall–Kier alpha value is -1.84. The van der Waals surface area contributed by atoms with Gasteiger partial charge in [0.1, 0.15) is 0 Å². The monoisotopic (exact) mass is 328 g/mol. The first-order valence-corrected chi connectivity index (χ1v) is 8.30. The number of benzene rings is 2. The summed E-state index contributed by atoms with van der Waals surface area (Å²) in [7, 11) is 0. The van der Waals surface area contributed by atoms with Crippen LogP contribution >= 0.6 is 22.9 Å². The van der Waals surface area contributed by atoms with E-state index in [0.29, 0.717) is 5.02 Å². The van der Waals surface area contributed by atoms with E-state index in [1.165, 1.54) is 16.0 Å². The molecule has 1 N–H and O–H groups in total. The number of nitrogens with one attached hydrogen (secondary N) is 1. The van der Waals surface area contributed by atoms with Gasteiger partial charge in [-0.1, -0.05) is 35.9 Å². The van der Waals surface area contributed by atoms with Gasteiger partial charge in [-0.3, -0.25) is 0 Å². The third kappa shape index (κ3) is 3.01. The molecule has 0 bridgehead atoms. The molecule has 22 heavy (non-hydrogen) atoms. The summed E-state index contributed by atoms with van der Waals surface area (Å²) in [6.07, 6.45) is 0. The summed E-state index contributed by atoms with van der Waals surface area (Å²) < 4.78 is 0. The summed E-state index contributed by atoms with van der Waals surface area (Å²) in [5.41, 5.74) is 5.65. The molecule has 0 amide bonds. The third-order valence-electron chi connectivity index (χ3n) is 3.69. The van der Waals surface area contributed by atoms with Gasteiger partial charge >= 0.3 is 0 Å². The van der Waals surface area contributed by atoms with E-state index in [1.807, 2.05) is 24.3 Å². The first-order chi connectivity index (χ1) is 10.5. The highest BCUT2D eigenvalue weighted by atomic mass is 35.5. The second-order valence-corrected chi connectivity index (χ2v) is 6.94. The van der Waals surface area contributed by atoms with Gasteiger partial charge in [0.05, 0.1) is 16.4 Å². The van der Waals surface area contributed by atoms with E-state index in [9.17, 15) is 0 Å². The third-order valence-corrected chi connectivity index (χ3v) is 4.91. The standard InChI is InChI=1S/C18H17ClN2S/c1-11-8-9-14(10-12(11)2)17-13(3)22-18(21-17)20-16-7-5-4-6-15(16)19/h4-10H,1-3H3,(H,20,21). The molecule has 0 atom stereocenters. The first-order valence-electron chi connectivity index (χ1n) is 7.11. The van der Waals surface area contributed by atoms with Gasteiger partial charge in [-0.05, 0) is 50.1 Å². The zero-order valence-electron chi connectivity index (χ0n) is 12.8. The number of para-hydroxylation sites is 1. The predicted octanol–water partition coefficient (Wildman–Crippen LogP) is 6.13. The molecule has 0 unspecified atom stereocenters. The minimum absolute atomic E-state index is 0.697. The predicted molar refractivity (Wildman–Crippen MR) is 96.5 cm³/mol. The van der Waals surface area contributed by atoms with E-state index in [4.69, 9.17) is 16.6 Å². The maximum absolute atomic E-state index is 6.19. The van der Waals surface area contributed by atoms with Crippen LogP contribution in [0.1, 0.15) is 16.0 Å². The maximum Gasteiger partial charge on any atom is 0.188 e. The van der Waals surface area contributed by atoms with E-state index in [2.05, 4.69) is 44.3 Å². The van der Waals surface area contributed by atoms with Crippen molar-refractivity contribution < 1.29 is 0 Å². The van der Waals surface area contributed by atoms with E-state index in [1.54, 1.807) is 11.3 Å². The summed E-state index contributed by atoms with van der Waals surface area (Å²) >= 11 is 7.83. The van der Waals surface area contributed by atoms with Crippen LogP contribution in [0.15, 0.2) is 42.5 Å². The number of hydrogen-bond acceptors (Lipinski definition) is 3. The zero-order chi connectivity index (χ0) is 15.7. The van der Waals surface area contributed by atoms with Crippen LogP contribution in [-0.2, 0) is 0 Å². The van der Waals surface area contributed by atoms with E-state index < -0.39 is 0 Å². The molecule has 2 aromatic carbocycles. The Morgan fingerprint density at radius 3 is 2.50 bits per heavy atom. The molecule has 2 nitrogen and oxygen atoms in total. The average molecular weight is 329 g/mol. The highest BCUT2D eigenvalue weighted by Gasteiger charge is 2.11. The summed E-state index contributed by atoms with van der Waals surface area (Å²) in [5, 5.41) is 4.86. The summed E-state index contributed by atoms with van der Waals surface area (Å²) in [6.45, 7) is 6.35. The molecule has 0 saturated carbocycles. The molecular weight excluding hydrogens is 312 g/mol. The number of nitrogens with zero attached hydrogens (tertiary/aromatic N) is 1. The molecule has 1 heterocycles. The van der Waals surface area contributed by atoms with Crippen molar-refractivity contribution in [3.8, 4) is 11.3 Å². The Balaban J connectivity index is 1.94. The van der Waals surface area contributed by atoms with Crippen molar-refractivity contribution in [1.82, 2.24) is 4.98 Å². The quantitative estimate of drug-likeness (QED) is 0.625. The van der Waals surface area contributed by atoms with Crippen molar-refractivity contribution in [3.63, 3.8) is 0 Å². The molecular formula is C18H17ClN2S. The molecule has 0 aliphatic rings. The van der Waals surface area contributed by atoms with Crippen LogP contribution in [0, 0.1) is 20.8 Å². The van der Waals surface area contributed by atoms with Crippen molar-refractivity contribution in [1.29, 1.82) is 0 Å². The van der Waals surface area contributed by atoms with Crippen molar-refractivity contribution >= 4 is 33.8 Å². The lowest BCUT2D eigenvalue weighted by Crippen LogP contribution is -1.90. The van der Waals surface area contributed by atoms with Crippen molar-refractivity contribution in [2.75, 3.05) is 5.32 Å². The minimum Gasteiger partial charge on any atom is -0.330 e. The van der Waals surface area contributed by atoms with Crippen molar-refractivity contribution in [2.45, 2.75) is 20.8 Å². The molecule has 0 fully saturated rings. The van der Waals surface area contributed by atoms with Gasteiger partial charge in [-0.15, -0.1) is 11.3 Å². The SMILES string of the molecule is Cc1ccc(-c2nc(Nc3ccccc3Cl)sc2C)cc1C. The number of aryl methyl sites for hydroxylation is 3. The van der Waals surface area contributed by atoms with Crippen LogP contribution < -0.4 is 5.32 Å². The summed E-state index contributed by atoms with van der Waals surface area (Å²) in [6, 6.07) is 14.2. The Morgan fingerprint density at radius 2 is 1.77 bits per heavy atom. The molecule has 0 radical (unpaired) electrons. The average Bonchev–Trinajstić information content (AvgIpc) is 2.85. The molecule has 0 spiro atoms. The van der Waals surface area contributed by atoms with Gasteiger partial charge in [0.15, 0.2) is 5.13 Å². The lowest BCUT2D eigenvalue weighted by atomic mass is 10.0. The molecule has 3 rings (SSSR count). The Bertz CT molecular complexity index is 824. The number of rotatable bonds is 3. The second kappa shape index (κ2) is 6.11. The van der Waals surface area contributed by atoms with Crippen molar-refractivity contribution in [2.24, 2.45) is 0 Å². The van der Waals surface area contributed by atoms with Crippen LogP contribution in [0.5, 0.6) is 0 Å². The van der Waals surface area contributed by atoms with E-state index >= 15 is 0 Å². The van der Waals surface area contributed by atoms with Crippen LogP contribution in [0.25, 0.3) is 11.3 Å². The van der Waals surface area contributed by atoms with E-state index in [-0.39, 0.29) is 0 Å². The molecule has 112 valence electrons. The zero-order valence-corrected chi connectivity index (χ0v) is 14.3. The molecule has 0 aliphatic carbocycles. The number of anilines is 2. The van der Waals surface area contributed by atoms with Crippen LogP contribution in [-0.4, -0.2) is 4.98 Å². The van der Waals surface area contributed by atoms with Gasteiger partial charge in [0, 0.05) is 10.4 Å². The number of thiazole rings is 1. The summed E-state index contributed by atoms with van der Waals surface area (Å²) in [4.78, 5) is 5.93. The van der Waals surface area contributed by atoms with Gasteiger partial charge in [-0.25, -0.2) is 4.98 Å². The number of aromatic nitrogens is 1. The highest BCUT2D eigenvalue weighted by molar-refractivity contribution is 7.16. The number of hydrogen-bond donors (Lipinski definition) is 1. The fraction of sp³-hybridized carbons (Fsp3) is 0.167. The molecule has 3 aromatic rings. The highest BCUT2D eigenvalue weighted by Crippen LogP contribution is 2.34. The van der Waals surface area contributed by atoms with E-state index in [0.717, 1.165) is 22.1 Å². The lowest BCUT2D eigenvalue weighted by Gasteiger charge is -2.05. The number of halogens is 1. The topological polar surface area (TPSA) is 24.9 Å². The van der Waals surface area contributed by atoms with Gasteiger partial charge < -0.3 is 5.32 Å². The van der Waals surface area contributed by atoms with Crippen LogP contribution in [0.2, 0.25) is 5.02 Å². The molecule has 1 aromatic heterocycles. The van der Waals surface area contributed by atoms with Gasteiger partial charge in [0.25, 0.3) is 0 Å². The van der Waals surface area contributed by atoms with Crippen molar-refractivity contribution in [3.05, 3.63) is 63.5 Å². The Labute approximate surface area is 139 Å². The van der Waals surface area contributed by atoms with Gasteiger partial charge in [-0.2, -0.15) is 0 Å². The first kappa shape index (κ1) is 15.1. The smallest absolute Gasteiger partial charge is 0.188 e. The van der Waals surface area contributed by atoms with Gasteiger partial charge in [0.2, 0.25) is 0 Å². The molecule has 0 aliphatic heterocycles. The fourth-order valence-corrected chi connectivity index (χ4v) is 3.32. The van der Waals surface area contributed by atoms with Crippen LogP contribution in [0.4, 0.5) is 10.8 Å². The summed E-state index contributed by atoms with van der Waals surface area (Å²) in [5.74, 6) is 0. The lowest BCUT2D eigenvalue weighted by molar-refractivity contribution is 1.31. The second-order valence-electron chi connectivity index (χ2n) is 5.33. The fourth-order valence-electron chi connectivity index (χ4n) is 2.28. The largest absolute Gasteiger partial charge is 0.330 e. The molecule has 0 saturated heterocycles.